The smallest absolute Gasteiger partial charge is 0.256 e. The van der Waals surface area contributed by atoms with Crippen LogP contribution in [0.3, 0.4) is 0 Å². The van der Waals surface area contributed by atoms with E-state index in [0.717, 1.165) is 42.0 Å². The van der Waals surface area contributed by atoms with Gasteiger partial charge in [0.1, 0.15) is 11.5 Å². The molecule has 2 aromatic carbocycles. The normalized spacial score (nSPS) is 16.8. The predicted molar refractivity (Wildman–Crippen MR) is 130 cm³/mol. The fourth-order valence-electron chi connectivity index (χ4n) is 4.43. The number of benzene rings is 2. The lowest BCUT2D eigenvalue weighted by atomic mass is 10.0. The van der Waals surface area contributed by atoms with Gasteiger partial charge in [-0.3, -0.25) is 9.59 Å². The molecule has 33 heavy (non-hydrogen) atoms. The number of carbonyl (C=O) groups is 2. The molecule has 2 aliphatic rings. The number of hydrogen-bond donors (Lipinski definition) is 2. The number of anilines is 1. The molecule has 3 aromatic rings. The molecule has 6 heteroatoms. The Morgan fingerprint density at radius 2 is 1.97 bits per heavy atom. The Morgan fingerprint density at radius 3 is 2.82 bits per heavy atom. The number of rotatable bonds is 6. The molecule has 2 amide bonds. The number of likely N-dealkylation sites (tertiary alicyclic amines) is 1. The highest BCUT2D eigenvalue weighted by Gasteiger charge is 2.24. The molecule has 6 nitrogen and oxygen atoms in total. The highest BCUT2D eigenvalue weighted by Crippen LogP contribution is 2.34. The van der Waals surface area contributed by atoms with Crippen molar-refractivity contribution in [3.63, 3.8) is 0 Å². The SMILES string of the molecule is Cc1ccc2c(c1)NC(=O)/C2=C/c1ccc(-c2cccc(C(=O)NCCN3CCCC3)c2)o1. The summed E-state index contributed by atoms with van der Waals surface area (Å²) < 4.78 is 6.01. The van der Waals surface area contributed by atoms with Crippen molar-refractivity contribution < 1.29 is 14.0 Å². The zero-order valence-corrected chi connectivity index (χ0v) is 18.7. The fraction of sp³-hybridized carbons (Fsp3) is 0.259. The first-order valence-corrected chi connectivity index (χ1v) is 11.4. The minimum absolute atomic E-state index is 0.0838. The van der Waals surface area contributed by atoms with Gasteiger partial charge in [0.25, 0.3) is 11.8 Å². The minimum Gasteiger partial charge on any atom is -0.457 e. The van der Waals surface area contributed by atoms with E-state index < -0.39 is 0 Å². The third-order valence-corrected chi connectivity index (χ3v) is 6.19. The van der Waals surface area contributed by atoms with Gasteiger partial charge in [-0.2, -0.15) is 0 Å². The van der Waals surface area contributed by atoms with Crippen LogP contribution in [0.4, 0.5) is 5.69 Å². The van der Waals surface area contributed by atoms with E-state index in [-0.39, 0.29) is 11.8 Å². The van der Waals surface area contributed by atoms with Crippen LogP contribution in [0.25, 0.3) is 23.0 Å². The summed E-state index contributed by atoms with van der Waals surface area (Å²) >= 11 is 0. The molecule has 0 radical (unpaired) electrons. The van der Waals surface area contributed by atoms with Crippen LogP contribution in [0.2, 0.25) is 0 Å². The van der Waals surface area contributed by atoms with E-state index >= 15 is 0 Å². The Bertz CT molecular complexity index is 1230. The van der Waals surface area contributed by atoms with E-state index in [0.29, 0.717) is 29.2 Å². The van der Waals surface area contributed by atoms with E-state index in [1.165, 1.54) is 12.8 Å². The Hall–Kier alpha value is -3.64. The number of furan rings is 1. The molecule has 1 fully saturated rings. The molecule has 0 spiro atoms. The average molecular weight is 442 g/mol. The number of fused-ring (bicyclic) bond motifs is 1. The van der Waals surface area contributed by atoms with Gasteiger partial charge in [-0.25, -0.2) is 0 Å². The van der Waals surface area contributed by atoms with Gasteiger partial charge < -0.3 is 20.0 Å². The second-order valence-corrected chi connectivity index (χ2v) is 8.65. The van der Waals surface area contributed by atoms with E-state index in [1.54, 1.807) is 6.08 Å². The summed E-state index contributed by atoms with van der Waals surface area (Å²) in [5.41, 5.74) is 4.79. The van der Waals surface area contributed by atoms with Crippen molar-refractivity contribution in [2.24, 2.45) is 0 Å². The molecule has 2 aliphatic heterocycles. The van der Waals surface area contributed by atoms with Crippen molar-refractivity contribution in [3.8, 4) is 11.3 Å². The van der Waals surface area contributed by atoms with Crippen molar-refractivity contribution in [2.45, 2.75) is 19.8 Å². The number of hydrogen-bond acceptors (Lipinski definition) is 4. The van der Waals surface area contributed by atoms with Crippen LogP contribution in [0, 0.1) is 6.92 Å². The standard InChI is InChI=1S/C27H27N3O3/c1-18-7-9-22-23(27(32)29-24(22)15-18)17-21-8-10-25(33-21)19-5-4-6-20(16-19)26(31)28-11-14-30-12-2-3-13-30/h4-10,15-17H,2-3,11-14H2,1H3,(H,28,31)(H,29,32)/b23-17+. The Labute approximate surface area is 193 Å². The van der Waals surface area contributed by atoms with Crippen LogP contribution in [0.1, 0.15) is 40.1 Å². The summed E-state index contributed by atoms with van der Waals surface area (Å²) in [4.78, 5) is 27.4. The highest BCUT2D eigenvalue weighted by atomic mass is 16.3. The lowest BCUT2D eigenvalue weighted by molar-refractivity contribution is -0.110. The quantitative estimate of drug-likeness (QED) is 0.550. The largest absolute Gasteiger partial charge is 0.457 e. The number of nitrogens with zero attached hydrogens (tertiary/aromatic N) is 1. The van der Waals surface area contributed by atoms with Gasteiger partial charge in [0, 0.05) is 35.5 Å². The number of aryl methyl sites for hydroxylation is 1. The third kappa shape index (κ3) is 4.61. The lowest BCUT2D eigenvalue weighted by Gasteiger charge is -2.14. The van der Waals surface area contributed by atoms with E-state index in [2.05, 4.69) is 15.5 Å². The van der Waals surface area contributed by atoms with Gasteiger partial charge in [0.2, 0.25) is 0 Å². The number of nitrogens with one attached hydrogen (secondary N) is 2. The van der Waals surface area contributed by atoms with E-state index in [9.17, 15) is 9.59 Å². The second kappa shape index (κ2) is 9.08. The molecule has 0 unspecified atom stereocenters. The van der Waals surface area contributed by atoms with Crippen LogP contribution >= 0.6 is 0 Å². The van der Waals surface area contributed by atoms with E-state index in [1.807, 2.05) is 61.5 Å². The summed E-state index contributed by atoms with van der Waals surface area (Å²) in [5, 5.41) is 5.92. The van der Waals surface area contributed by atoms with Crippen molar-refractivity contribution >= 4 is 29.2 Å². The van der Waals surface area contributed by atoms with Crippen LogP contribution in [-0.2, 0) is 4.79 Å². The van der Waals surface area contributed by atoms with Gasteiger partial charge in [-0.05, 0) is 74.8 Å². The Morgan fingerprint density at radius 1 is 1.12 bits per heavy atom. The van der Waals surface area contributed by atoms with Gasteiger partial charge in [-0.15, -0.1) is 0 Å². The highest BCUT2D eigenvalue weighted by molar-refractivity contribution is 6.34. The maximum atomic E-state index is 12.6. The summed E-state index contributed by atoms with van der Waals surface area (Å²) in [5.74, 6) is 1.01. The van der Waals surface area contributed by atoms with Gasteiger partial charge >= 0.3 is 0 Å². The average Bonchev–Trinajstić information content (AvgIpc) is 3.55. The monoisotopic (exact) mass is 441 g/mol. The summed E-state index contributed by atoms with van der Waals surface area (Å²) in [7, 11) is 0. The first-order chi connectivity index (χ1) is 16.1. The Balaban J connectivity index is 1.30. The zero-order valence-electron chi connectivity index (χ0n) is 18.7. The lowest BCUT2D eigenvalue weighted by Crippen LogP contribution is -2.33. The van der Waals surface area contributed by atoms with Gasteiger partial charge in [-0.1, -0.05) is 24.3 Å². The van der Waals surface area contributed by atoms with Crippen molar-refractivity contribution in [1.82, 2.24) is 10.2 Å². The van der Waals surface area contributed by atoms with E-state index in [4.69, 9.17) is 4.42 Å². The molecular formula is C27H27N3O3. The molecular weight excluding hydrogens is 414 g/mol. The van der Waals surface area contributed by atoms with Crippen LogP contribution in [0.15, 0.2) is 59.0 Å². The predicted octanol–water partition coefficient (Wildman–Crippen LogP) is 4.57. The first-order valence-electron chi connectivity index (χ1n) is 11.4. The zero-order chi connectivity index (χ0) is 22.8. The van der Waals surface area contributed by atoms with Gasteiger partial charge in [0.05, 0.1) is 5.57 Å². The summed E-state index contributed by atoms with van der Waals surface area (Å²) in [6.07, 6.45) is 4.25. The minimum atomic E-state index is -0.138. The van der Waals surface area contributed by atoms with Crippen molar-refractivity contribution in [3.05, 3.63) is 77.0 Å². The summed E-state index contributed by atoms with van der Waals surface area (Å²) in [6, 6.07) is 17.0. The fourth-order valence-corrected chi connectivity index (χ4v) is 4.43. The maximum absolute atomic E-state index is 12.6. The molecule has 2 N–H and O–H groups in total. The number of amides is 2. The molecule has 5 rings (SSSR count). The van der Waals surface area contributed by atoms with Crippen molar-refractivity contribution in [1.29, 1.82) is 0 Å². The maximum Gasteiger partial charge on any atom is 0.256 e. The van der Waals surface area contributed by atoms with Crippen LogP contribution in [-0.4, -0.2) is 42.9 Å². The first kappa shape index (κ1) is 21.2. The molecule has 0 aliphatic carbocycles. The van der Waals surface area contributed by atoms with Crippen LogP contribution in [0.5, 0.6) is 0 Å². The second-order valence-electron chi connectivity index (χ2n) is 8.65. The third-order valence-electron chi connectivity index (χ3n) is 6.19. The topological polar surface area (TPSA) is 74.6 Å². The van der Waals surface area contributed by atoms with Crippen molar-refractivity contribution in [2.75, 3.05) is 31.5 Å². The Kier molecular flexibility index (Phi) is 5.84. The molecule has 168 valence electrons. The molecule has 0 atom stereocenters. The molecule has 1 aromatic heterocycles. The van der Waals surface area contributed by atoms with Gasteiger partial charge in [0.15, 0.2) is 0 Å². The molecule has 3 heterocycles. The summed E-state index contributed by atoms with van der Waals surface area (Å²) in [6.45, 7) is 5.77. The molecule has 1 saturated heterocycles. The molecule has 0 saturated carbocycles. The molecule has 0 bridgehead atoms. The van der Waals surface area contributed by atoms with Crippen LogP contribution < -0.4 is 10.6 Å². The number of carbonyl (C=O) groups excluding carboxylic acids is 2.